The van der Waals surface area contributed by atoms with Crippen molar-refractivity contribution >= 4 is 0 Å². The van der Waals surface area contributed by atoms with Crippen LogP contribution in [0.5, 0.6) is 5.75 Å². The molecule has 1 aliphatic heterocycles. The first-order chi connectivity index (χ1) is 8.16. The molecule has 92 valence electrons. The number of rotatable bonds is 2. The van der Waals surface area contributed by atoms with Crippen LogP contribution in [0.15, 0.2) is 29.8 Å². The van der Waals surface area contributed by atoms with E-state index in [2.05, 4.69) is 30.9 Å². The minimum absolute atomic E-state index is 0.464. The summed E-state index contributed by atoms with van der Waals surface area (Å²) in [5.74, 6) is 0.464. The summed E-state index contributed by atoms with van der Waals surface area (Å²) in [5, 5.41) is 9.86. The molecule has 2 heteroatoms. The molecular weight excluding hydrogens is 210 g/mol. The number of phenols is 1. The predicted molar refractivity (Wildman–Crippen MR) is 71.4 cm³/mol. The fourth-order valence-corrected chi connectivity index (χ4v) is 2.30. The topological polar surface area (TPSA) is 23.5 Å². The van der Waals surface area contributed by atoms with Crippen LogP contribution < -0.4 is 0 Å². The highest BCUT2D eigenvalue weighted by Crippen LogP contribution is 2.24. The molecule has 0 saturated heterocycles. The van der Waals surface area contributed by atoms with Crippen LogP contribution in [0, 0.1) is 0 Å². The van der Waals surface area contributed by atoms with E-state index >= 15 is 0 Å². The molecule has 1 aromatic rings. The van der Waals surface area contributed by atoms with Crippen molar-refractivity contribution in [2.75, 3.05) is 19.6 Å². The van der Waals surface area contributed by atoms with Crippen molar-refractivity contribution in [1.82, 2.24) is 4.90 Å². The van der Waals surface area contributed by atoms with Gasteiger partial charge in [-0.1, -0.05) is 23.8 Å². The Labute approximate surface area is 104 Å². The molecule has 0 spiro atoms. The van der Waals surface area contributed by atoms with Gasteiger partial charge in [0.25, 0.3) is 0 Å². The molecule has 0 amide bonds. The van der Waals surface area contributed by atoms with E-state index in [0.717, 1.165) is 38.0 Å². The Hall–Kier alpha value is -1.28. The van der Waals surface area contributed by atoms with Crippen molar-refractivity contribution < 1.29 is 5.11 Å². The van der Waals surface area contributed by atoms with Gasteiger partial charge in [0.05, 0.1) is 0 Å². The van der Waals surface area contributed by atoms with Crippen LogP contribution >= 0.6 is 0 Å². The maximum Gasteiger partial charge on any atom is 0.119 e. The molecule has 1 aromatic carbocycles. The number of hydrogen-bond donors (Lipinski definition) is 1. The summed E-state index contributed by atoms with van der Waals surface area (Å²) in [7, 11) is 0. The predicted octanol–water partition coefficient (Wildman–Crippen LogP) is 2.76. The van der Waals surface area contributed by atoms with Crippen molar-refractivity contribution in [3.05, 3.63) is 41.0 Å². The van der Waals surface area contributed by atoms with Crippen molar-refractivity contribution in [2.45, 2.75) is 26.7 Å². The standard InChI is InChI=1S/C15H21NO/c1-12(2)6-9-16-10-7-13-4-3-5-15(17)14(13)8-11-16/h3-6,17H,7-11H2,1-2H3. The van der Waals surface area contributed by atoms with Crippen LogP contribution in [0.1, 0.15) is 25.0 Å². The minimum Gasteiger partial charge on any atom is -0.508 e. The molecule has 0 aromatic heterocycles. The fourth-order valence-electron chi connectivity index (χ4n) is 2.30. The van der Waals surface area contributed by atoms with Crippen LogP contribution in [0.25, 0.3) is 0 Å². The number of phenolic OH excluding ortho intramolecular Hbond substituents is 1. The minimum atomic E-state index is 0.464. The van der Waals surface area contributed by atoms with Crippen LogP contribution in [-0.4, -0.2) is 29.6 Å². The average Bonchev–Trinajstić information content (AvgIpc) is 2.50. The largest absolute Gasteiger partial charge is 0.508 e. The Morgan fingerprint density at radius 3 is 2.82 bits per heavy atom. The first kappa shape index (κ1) is 12.2. The lowest BCUT2D eigenvalue weighted by atomic mass is 10.0. The van der Waals surface area contributed by atoms with Crippen LogP contribution in [0.2, 0.25) is 0 Å². The van der Waals surface area contributed by atoms with Gasteiger partial charge in [0, 0.05) is 19.6 Å². The van der Waals surface area contributed by atoms with Crippen molar-refractivity contribution in [3.8, 4) is 5.75 Å². The number of benzene rings is 1. The molecule has 0 atom stereocenters. The van der Waals surface area contributed by atoms with Crippen molar-refractivity contribution in [1.29, 1.82) is 0 Å². The third-order valence-corrected chi connectivity index (χ3v) is 3.38. The van der Waals surface area contributed by atoms with Crippen LogP contribution in [0.4, 0.5) is 0 Å². The summed E-state index contributed by atoms with van der Waals surface area (Å²) < 4.78 is 0. The SMILES string of the molecule is CC(C)=CCN1CCc2cccc(O)c2CC1. The Balaban J connectivity index is 2.06. The molecule has 17 heavy (non-hydrogen) atoms. The first-order valence-corrected chi connectivity index (χ1v) is 6.32. The van der Waals surface area contributed by atoms with E-state index in [1.54, 1.807) is 6.07 Å². The summed E-state index contributed by atoms with van der Waals surface area (Å²) in [6, 6.07) is 5.88. The second-order valence-electron chi connectivity index (χ2n) is 5.00. The third-order valence-electron chi connectivity index (χ3n) is 3.38. The Morgan fingerprint density at radius 2 is 2.06 bits per heavy atom. The molecule has 2 rings (SSSR count). The molecule has 0 saturated carbocycles. The van der Waals surface area contributed by atoms with Crippen LogP contribution in [-0.2, 0) is 12.8 Å². The van der Waals surface area contributed by atoms with E-state index in [1.165, 1.54) is 11.1 Å². The molecular formula is C15H21NO. The van der Waals surface area contributed by atoms with Crippen molar-refractivity contribution in [3.63, 3.8) is 0 Å². The van der Waals surface area contributed by atoms with Gasteiger partial charge in [0.2, 0.25) is 0 Å². The average molecular weight is 231 g/mol. The smallest absolute Gasteiger partial charge is 0.119 e. The first-order valence-electron chi connectivity index (χ1n) is 6.32. The Bertz CT molecular complexity index is 419. The van der Waals surface area contributed by atoms with Gasteiger partial charge in [0.1, 0.15) is 5.75 Å². The van der Waals surface area contributed by atoms with E-state index in [-0.39, 0.29) is 0 Å². The lowest BCUT2D eigenvalue weighted by Crippen LogP contribution is -2.26. The number of aromatic hydroxyl groups is 1. The second-order valence-corrected chi connectivity index (χ2v) is 5.00. The number of hydrogen-bond acceptors (Lipinski definition) is 2. The summed E-state index contributed by atoms with van der Waals surface area (Å²) in [6.45, 7) is 7.42. The van der Waals surface area contributed by atoms with Gasteiger partial charge in [-0.15, -0.1) is 0 Å². The highest BCUT2D eigenvalue weighted by Gasteiger charge is 2.15. The zero-order valence-electron chi connectivity index (χ0n) is 10.7. The van der Waals surface area contributed by atoms with Gasteiger partial charge < -0.3 is 5.11 Å². The zero-order chi connectivity index (χ0) is 12.3. The molecule has 0 radical (unpaired) electrons. The van der Waals surface area contributed by atoms with Gasteiger partial charge in [-0.3, -0.25) is 4.90 Å². The van der Waals surface area contributed by atoms with E-state index < -0.39 is 0 Å². The summed E-state index contributed by atoms with van der Waals surface area (Å²) in [4.78, 5) is 2.45. The van der Waals surface area contributed by atoms with E-state index in [1.807, 2.05) is 6.07 Å². The van der Waals surface area contributed by atoms with Crippen molar-refractivity contribution in [2.24, 2.45) is 0 Å². The highest BCUT2D eigenvalue weighted by atomic mass is 16.3. The summed E-state index contributed by atoms with van der Waals surface area (Å²) in [5.41, 5.74) is 3.83. The molecule has 0 bridgehead atoms. The summed E-state index contributed by atoms with van der Waals surface area (Å²) in [6.07, 6.45) is 4.27. The van der Waals surface area contributed by atoms with Gasteiger partial charge in [0.15, 0.2) is 0 Å². The van der Waals surface area contributed by atoms with E-state index in [4.69, 9.17) is 0 Å². The Morgan fingerprint density at radius 1 is 1.29 bits per heavy atom. The van der Waals surface area contributed by atoms with Gasteiger partial charge in [-0.05, 0) is 43.9 Å². The number of allylic oxidation sites excluding steroid dienone is 1. The molecule has 1 aliphatic rings. The molecule has 0 aliphatic carbocycles. The van der Waals surface area contributed by atoms with Crippen LogP contribution in [0.3, 0.4) is 0 Å². The fraction of sp³-hybridized carbons (Fsp3) is 0.467. The molecule has 1 N–H and O–H groups in total. The maximum atomic E-state index is 9.86. The quantitative estimate of drug-likeness (QED) is 0.791. The maximum absolute atomic E-state index is 9.86. The molecule has 1 heterocycles. The Kier molecular flexibility index (Phi) is 3.85. The lowest BCUT2D eigenvalue weighted by molar-refractivity contribution is 0.317. The van der Waals surface area contributed by atoms with Gasteiger partial charge in [-0.2, -0.15) is 0 Å². The normalized spacial score (nSPS) is 16.1. The second kappa shape index (κ2) is 5.37. The monoisotopic (exact) mass is 231 g/mol. The number of fused-ring (bicyclic) bond motifs is 1. The lowest BCUT2D eigenvalue weighted by Gasteiger charge is -2.17. The molecule has 2 nitrogen and oxygen atoms in total. The highest BCUT2D eigenvalue weighted by molar-refractivity contribution is 5.40. The molecule has 0 unspecified atom stereocenters. The third kappa shape index (κ3) is 3.10. The van der Waals surface area contributed by atoms with Gasteiger partial charge >= 0.3 is 0 Å². The zero-order valence-corrected chi connectivity index (χ0v) is 10.7. The number of nitrogens with zero attached hydrogens (tertiary/aromatic N) is 1. The summed E-state index contributed by atoms with van der Waals surface area (Å²) >= 11 is 0. The van der Waals surface area contributed by atoms with E-state index in [0.29, 0.717) is 5.75 Å². The molecule has 0 fully saturated rings. The van der Waals surface area contributed by atoms with E-state index in [9.17, 15) is 5.11 Å². The van der Waals surface area contributed by atoms with Gasteiger partial charge in [-0.25, -0.2) is 0 Å².